The van der Waals surface area contributed by atoms with Crippen LogP contribution in [0.15, 0.2) is 60.7 Å². The van der Waals surface area contributed by atoms with E-state index in [2.05, 4.69) is 0 Å². The van der Waals surface area contributed by atoms with E-state index in [1.165, 1.54) is 0 Å². The van der Waals surface area contributed by atoms with Crippen molar-refractivity contribution in [3.63, 3.8) is 0 Å². The molecule has 3 rings (SSSR count). The molecule has 0 saturated heterocycles. The molecular weight excluding hydrogens is 282 g/mol. The van der Waals surface area contributed by atoms with Gasteiger partial charge in [0.2, 0.25) is 0 Å². The van der Waals surface area contributed by atoms with Gasteiger partial charge in [-0.25, -0.2) is 0 Å². The first kappa shape index (κ1) is 13.7. The molecule has 2 N–H and O–H groups in total. The zero-order valence-electron chi connectivity index (χ0n) is 11.3. The summed E-state index contributed by atoms with van der Waals surface area (Å²) in [6.45, 7) is 0. The minimum absolute atomic E-state index is 0.0144. The van der Waals surface area contributed by atoms with Crippen LogP contribution in [0.1, 0.15) is 15.9 Å². The Balaban J connectivity index is 1.96. The number of Topliss-reactive ketones (excluding diaryl/α,β-unsaturated/α-hetero) is 1. The van der Waals surface area contributed by atoms with Gasteiger partial charge in [-0.15, -0.1) is 0 Å². The number of carbonyl (C=O) groups excluding carboxylic acids is 1. The Hall–Kier alpha value is -2.32. The van der Waals surface area contributed by atoms with Gasteiger partial charge in [0.25, 0.3) is 0 Å². The highest BCUT2D eigenvalue weighted by Gasteiger charge is 2.10. The van der Waals surface area contributed by atoms with E-state index in [0.29, 0.717) is 22.7 Å². The number of nitrogen functional groups attached to an aromatic ring is 1. The summed E-state index contributed by atoms with van der Waals surface area (Å²) in [5.41, 5.74) is 7.81. The molecule has 0 aliphatic carbocycles. The van der Waals surface area contributed by atoms with Gasteiger partial charge in [-0.05, 0) is 34.5 Å². The van der Waals surface area contributed by atoms with E-state index in [1.807, 2.05) is 42.5 Å². The van der Waals surface area contributed by atoms with Gasteiger partial charge in [-0.3, -0.25) is 4.79 Å². The summed E-state index contributed by atoms with van der Waals surface area (Å²) in [6, 6.07) is 19.0. The van der Waals surface area contributed by atoms with Crippen molar-refractivity contribution in [2.45, 2.75) is 6.42 Å². The number of carbonyl (C=O) groups is 1. The molecule has 0 fully saturated rings. The molecule has 0 atom stereocenters. The van der Waals surface area contributed by atoms with Crippen LogP contribution in [0.2, 0.25) is 5.02 Å². The third-order valence-electron chi connectivity index (χ3n) is 3.47. The highest BCUT2D eigenvalue weighted by molar-refractivity contribution is 6.31. The van der Waals surface area contributed by atoms with Crippen molar-refractivity contribution in [1.29, 1.82) is 0 Å². The lowest BCUT2D eigenvalue weighted by Crippen LogP contribution is -2.05. The Morgan fingerprint density at radius 3 is 2.57 bits per heavy atom. The van der Waals surface area contributed by atoms with Crippen LogP contribution in [0.25, 0.3) is 10.8 Å². The summed E-state index contributed by atoms with van der Waals surface area (Å²) < 4.78 is 0. The lowest BCUT2D eigenvalue weighted by Gasteiger charge is -2.07. The zero-order chi connectivity index (χ0) is 14.8. The maximum atomic E-state index is 12.4. The topological polar surface area (TPSA) is 43.1 Å². The van der Waals surface area contributed by atoms with E-state index >= 15 is 0 Å². The Morgan fingerprint density at radius 2 is 1.76 bits per heavy atom. The largest absolute Gasteiger partial charge is 0.399 e. The van der Waals surface area contributed by atoms with Gasteiger partial charge in [-0.2, -0.15) is 0 Å². The number of halogens is 1. The molecule has 3 heteroatoms. The first-order chi connectivity index (χ1) is 10.1. The third-order valence-corrected chi connectivity index (χ3v) is 3.69. The van der Waals surface area contributed by atoms with Crippen LogP contribution < -0.4 is 5.73 Å². The second kappa shape index (κ2) is 5.58. The minimum Gasteiger partial charge on any atom is -0.399 e. The number of hydrogen-bond donors (Lipinski definition) is 1. The standard InChI is InChI=1S/C18H14ClNO/c19-15-8-14(9-16(20)11-15)18(21)10-13-6-3-5-12-4-1-2-7-17(12)13/h1-9,11H,10,20H2. The SMILES string of the molecule is Nc1cc(Cl)cc(C(=O)Cc2cccc3ccccc23)c1. The number of rotatable bonds is 3. The average molecular weight is 296 g/mol. The van der Waals surface area contributed by atoms with Gasteiger partial charge in [-0.1, -0.05) is 54.1 Å². The summed E-state index contributed by atoms with van der Waals surface area (Å²) in [7, 11) is 0. The number of fused-ring (bicyclic) bond motifs is 1. The lowest BCUT2D eigenvalue weighted by molar-refractivity contribution is 0.0993. The second-order valence-corrected chi connectivity index (χ2v) is 5.45. The summed E-state index contributed by atoms with van der Waals surface area (Å²) >= 11 is 5.96. The summed E-state index contributed by atoms with van der Waals surface area (Å²) in [4.78, 5) is 12.4. The molecular formula is C18H14ClNO. The Bertz CT molecular complexity index is 801. The average Bonchev–Trinajstić information content (AvgIpc) is 2.46. The van der Waals surface area contributed by atoms with Gasteiger partial charge in [0, 0.05) is 22.7 Å². The Morgan fingerprint density at radius 1 is 1.00 bits per heavy atom. The molecule has 0 saturated carbocycles. The Kier molecular flexibility index (Phi) is 3.63. The molecule has 3 aromatic carbocycles. The first-order valence-corrected chi connectivity index (χ1v) is 7.07. The van der Waals surface area contributed by atoms with Crippen molar-refractivity contribution in [3.8, 4) is 0 Å². The van der Waals surface area contributed by atoms with Crippen LogP contribution in [0.3, 0.4) is 0 Å². The lowest BCUT2D eigenvalue weighted by atomic mass is 9.97. The minimum atomic E-state index is 0.0144. The smallest absolute Gasteiger partial charge is 0.167 e. The molecule has 21 heavy (non-hydrogen) atoms. The van der Waals surface area contributed by atoms with Gasteiger partial charge in [0.1, 0.15) is 0 Å². The van der Waals surface area contributed by atoms with Crippen molar-refractivity contribution < 1.29 is 4.79 Å². The molecule has 0 amide bonds. The molecule has 2 nitrogen and oxygen atoms in total. The molecule has 0 spiro atoms. The van der Waals surface area contributed by atoms with E-state index in [-0.39, 0.29) is 5.78 Å². The fourth-order valence-corrected chi connectivity index (χ4v) is 2.74. The van der Waals surface area contributed by atoms with E-state index in [1.54, 1.807) is 18.2 Å². The summed E-state index contributed by atoms with van der Waals surface area (Å²) in [6.07, 6.45) is 0.334. The fourth-order valence-electron chi connectivity index (χ4n) is 2.49. The van der Waals surface area contributed by atoms with Crippen LogP contribution in [-0.2, 0) is 6.42 Å². The second-order valence-electron chi connectivity index (χ2n) is 5.01. The molecule has 0 heterocycles. The van der Waals surface area contributed by atoms with E-state index in [0.717, 1.165) is 16.3 Å². The maximum Gasteiger partial charge on any atom is 0.167 e. The molecule has 0 radical (unpaired) electrons. The summed E-state index contributed by atoms with van der Waals surface area (Å²) in [5.74, 6) is 0.0144. The maximum absolute atomic E-state index is 12.4. The van der Waals surface area contributed by atoms with Gasteiger partial charge in [0.15, 0.2) is 5.78 Å². The van der Waals surface area contributed by atoms with Crippen LogP contribution in [0.4, 0.5) is 5.69 Å². The van der Waals surface area contributed by atoms with Crippen LogP contribution in [0.5, 0.6) is 0 Å². The van der Waals surface area contributed by atoms with Crippen molar-refractivity contribution >= 4 is 33.8 Å². The molecule has 104 valence electrons. The quantitative estimate of drug-likeness (QED) is 0.571. The first-order valence-electron chi connectivity index (χ1n) is 6.69. The normalized spacial score (nSPS) is 10.7. The summed E-state index contributed by atoms with van der Waals surface area (Å²) in [5, 5.41) is 2.72. The number of nitrogens with two attached hydrogens (primary N) is 1. The van der Waals surface area contributed by atoms with Crippen LogP contribution in [-0.4, -0.2) is 5.78 Å². The van der Waals surface area contributed by atoms with Gasteiger partial charge < -0.3 is 5.73 Å². The van der Waals surface area contributed by atoms with E-state index < -0.39 is 0 Å². The predicted molar refractivity (Wildman–Crippen MR) is 87.8 cm³/mol. The molecule has 0 aromatic heterocycles. The van der Waals surface area contributed by atoms with Gasteiger partial charge in [0.05, 0.1) is 0 Å². The van der Waals surface area contributed by atoms with E-state index in [4.69, 9.17) is 17.3 Å². The highest BCUT2D eigenvalue weighted by Crippen LogP contribution is 2.22. The van der Waals surface area contributed by atoms with Crippen LogP contribution >= 0.6 is 11.6 Å². The number of benzene rings is 3. The van der Waals surface area contributed by atoms with Crippen LogP contribution in [0, 0.1) is 0 Å². The van der Waals surface area contributed by atoms with Gasteiger partial charge >= 0.3 is 0 Å². The monoisotopic (exact) mass is 295 g/mol. The zero-order valence-corrected chi connectivity index (χ0v) is 12.1. The molecule has 0 bridgehead atoms. The van der Waals surface area contributed by atoms with Crippen molar-refractivity contribution in [2.24, 2.45) is 0 Å². The molecule has 0 aliphatic heterocycles. The molecule has 0 aliphatic rings. The third kappa shape index (κ3) is 2.91. The highest BCUT2D eigenvalue weighted by atomic mass is 35.5. The van der Waals surface area contributed by atoms with Crippen molar-refractivity contribution in [2.75, 3.05) is 5.73 Å². The molecule has 0 unspecified atom stereocenters. The fraction of sp³-hybridized carbons (Fsp3) is 0.0556. The number of hydrogen-bond acceptors (Lipinski definition) is 2. The van der Waals surface area contributed by atoms with Crippen molar-refractivity contribution in [3.05, 3.63) is 76.8 Å². The Labute approximate surface area is 128 Å². The molecule has 3 aromatic rings. The van der Waals surface area contributed by atoms with E-state index in [9.17, 15) is 4.79 Å². The number of ketones is 1. The predicted octanol–water partition coefficient (Wildman–Crippen LogP) is 4.50. The van der Waals surface area contributed by atoms with Crippen molar-refractivity contribution in [1.82, 2.24) is 0 Å². The number of anilines is 1.